The Morgan fingerprint density at radius 1 is 1.03 bits per heavy atom. The molecule has 0 heterocycles. The van der Waals surface area contributed by atoms with Crippen molar-refractivity contribution in [1.29, 1.82) is 0 Å². The average Bonchev–Trinajstić information content (AvgIpc) is 2.70. The van der Waals surface area contributed by atoms with Crippen LogP contribution in [0.1, 0.15) is 35.3 Å². The second kappa shape index (κ2) is 10.4. The Balaban J connectivity index is 1.98. The summed E-state index contributed by atoms with van der Waals surface area (Å²) in [6, 6.07) is 11.6. The van der Waals surface area contributed by atoms with Gasteiger partial charge in [-0.05, 0) is 49.1 Å². The zero-order valence-corrected chi connectivity index (χ0v) is 17.9. The second-order valence-electron chi connectivity index (χ2n) is 7.37. The highest BCUT2D eigenvalue weighted by Gasteiger charge is 2.27. The number of anilines is 1. The molecule has 2 N–H and O–H groups in total. The summed E-state index contributed by atoms with van der Waals surface area (Å²) in [7, 11) is 1.50. The average molecular weight is 412 g/mol. The van der Waals surface area contributed by atoms with Gasteiger partial charge in [0.15, 0.2) is 6.61 Å². The van der Waals surface area contributed by atoms with Crippen LogP contribution in [-0.4, -0.2) is 37.5 Å². The molecule has 0 spiro atoms. The van der Waals surface area contributed by atoms with Crippen LogP contribution in [-0.2, 0) is 14.3 Å². The van der Waals surface area contributed by atoms with Crippen LogP contribution < -0.4 is 15.4 Å². The predicted molar refractivity (Wildman–Crippen MR) is 115 cm³/mol. The van der Waals surface area contributed by atoms with Gasteiger partial charge in [-0.3, -0.25) is 9.59 Å². The Kier molecular flexibility index (Phi) is 7.98. The Morgan fingerprint density at radius 2 is 1.73 bits per heavy atom. The minimum absolute atomic E-state index is 0.217. The van der Waals surface area contributed by atoms with E-state index in [1.807, 2.05) is 32.0 Å². The number of hydrogen-bond acceptors (Lipinski definition) is 5. The molecule has 7 heteroatoms. The Morgan fingerprint density at radius 3 is 2.37 bits per heavy atom. The SMILES string of the molecule is COc1ccc(C)cc1NC(=O)COC(=O)[C@@H](NC(=O)c1ccccc1C)C(C)C. The number of methoxy groups -OCH3 is 1. The van der Waals surface area contributed by atoms with Gasteiger partial charge >= 0.3 is 5.97 Å². The number of carbonyl (C=O) groups excluding carboxylic acids is 3. The molecule has 0 aromatic heterocycles. The number of benzene rings is 2. The van der Waals surface area contributed by atoms with Crippen LogP contribution >= 0.6 is 0 Å². The van der Waals surface area contributed by atoms with Crippen LogP contribution in [0.25, 0.3) is 0 Å². The van der Waals surface area contributed by atoms with E-state index < -0.39 is 24.5 Å². The quantitative estimate of drug-likeness (QED) is 0.649. The van der Waals surface area contributed by atoms with E-state index in [-0.39, 0.29) is 11.8 Å². The van der Waals surface area contributed by atoms with Crippen LogP contribution in [0.4, 0.5) is 5.69 Å². The van der Waals surface area contributed by atoms with Crippen LogP contribution in [0.3, 0.4) is 0 Å². The molecule has 2 aromatic rings. The van der Waals surface area contributed by atoms with Crippen molar-refractivity contribution in [3.05, 3.63) is 59.2 Å². The molecule has 2 amide bonds. The van der Waals surface area contributed by atoms with Crippen molar-refractivity contribution in [2.24, 2.45) is 5.92 Å². The minimum Gasteiger partial charge on any atom is -0.495 e. The van der Waals surface area contributed by atoms with Gasteiger partial charge in [0.1, 0.15) is 11.8 Å². The summed E-state index contributed by atoms with van der Waals surface area (Å²) >= 11 is 0. The van der Waals surface area contributed by atoms with E-state index in [1.165, 1.54) is 7.11 Å². The number of nitrogens with one attached hydrogen (secondary N) is 2. The molecule has 0 unspecified atom stereocenters. The third-order valence-electron chi connectivity index (χ3n) is 4.57. The lowest BCUT2D eigenvalue weighted by Crippen LogP contribution is -2.46. The van der Waals surface area contributed by atoms with Crippen molar-refractivity contribution < 1.29 is 23.9 Å². The molecule has 2 aromatic carbocycles. The summed E-state index contributed by atoms with van der Waals surface area (Å²) in [5.74, 6) is -1.24. The van der Waals surface area contributed by atoms with Crippen LogP contribution in [0.2, 0.25) is 0 Å². The Labute approximate surface area is 176 Å². The summed E-state index contributed by atoms with van der Waals surface area (Å²) in [5.41, 5.74) is 2.73. The molecule has 0 fully saturated rings. The largest absolute Gasteiger partial charge is 0.495 e. The summed E-state index contributed by atoms with van der Waals surface area (Å²) in [6.45, 7) is 6.82. The van der Waals surface area contributed by atoms with Gasteiger partial charge in [-0.2, -0.15) is 0 Å². The standard InChI is InChI=1S/C23H28N2O5/c1-14(2)21(25-22(27)17-9-7-6-8-16(17)4)23(28)30-13-20(26)24-18-12-15(3)10-11-19(18)29-5/h6-12,14,21H,13H2,1-5H3,(H,24,26)(H,25,27)/t21-/m0/s1. The topological polar surface area (TPSA) is 93.7 Å². The van der Waals surface area contributed by atoms with E-state index in [1.54, 1.807) is 38.1 Å². The molecule has 0 radical (unpaired) electrons. The van der Waals surface area contributed by atoms with Crippen molar-refractivity contribution in [2.75, 3.05) is 19.0 Å². The van der Waals surface area contributed by atoms with Gasteiger partial charge in [-0.25, -0.2) is 4.79 Å². The van der Waals surface area contributed by atoms with Gasteiger partial charge in [-0.15, -0.1) is 0 Å². The highest BCUT2D eigenvalue weighted by Crippen LogP contribution is 2.25. The van der Waals surface area contributed by atoms with Crippen molar-refractivity contribution >= 4 is 23.5 Å². The van der Waals surface area contributed by atoms with Crippen LogP contribution in [0.15, 0.2) is 42.5 Å². The summed E-state index contributed by atoms with van der Waals surface area (Å²) in [4.78, 5) is 37.3. The van der Waals surface area contributed by atoms with Crippen molar-refractivity contribution in [3.63, 3.8) is 0 Å². The fraction of sp³-hybridized carbons (Fsp3) is 0.348. The summed E-state index contributed by atoms with van der Waals surface area (Å²) in [6.07, 6.45) is 0. The molecule has 30 heavy (non-hydrogen) atoms. The second-order valence-corrected chi connectivity index (χ2v) is 7.37. The smallest absolute Gasteiger partial charge is 0.329 e. The molecule has 0 aliphatic carbocycles. The molecular weight excluding hydrogens is 384 g/mol. The maximum atomic E-state index is 12.6. The molecule has 0 aliphatic rings. The number of esters is 1. The first kappa shape index (κ1) is 22.9. The normalized spacial score (nSPS) is 11.5. The first-order valence-electron chi connectivity index (χ1n) is 9.70. The highest BCUT2D eigenvalue weighted by atomic mass is 16.5. The Bertz CT molecular complexity index is 924. The number of aryl methyl sites for hydroxylation is 2. The summed E-state index contributed by atoms with van der Waals surface area (Å²) in [5, 5.41) is 5.38. The molecule has 2 rings (SSSR count). The fourth-order valence-electron chi connectivity index (χ4n) is 2.88. The fourth-order valence-corrected chi connectivity index (χ4v) is 2.88. The van der Waals surface area contributed by atoms with Crippen molar-refractivity contribution in [3.8, 4) is 5.75 Å². The lowest BCUT2D eigenvalue weighted by molar-refractivity contribution is -0.150. The maximum absolute atomic E-state index is 12.6. The number of carbonyl (C=O) groups is 3. The lowest BCUT2D eigenvalue weighted by atomic mass is 10.0. The van der Waals surface area contributed by atoms with E-state index in [0.29, 0.717) is 17.0 Å². The number of ether oxygens (including phenoxy) is 2. The first-order chi connectivity index (χ1) is 14.2. The first-order valence-corrected chi connectivity index (χ1v) is 9.70. The molecule has 160 valence electrons. The van der Waals surface area contributed by atoms with Gasteiger partial charge in [0.05, 0.1) is 12.8 Å². The third-order valence-corrected chi connectivity index (χ3v) is 4.57. The van der Waals surface area contributed by atoms with Gasteiger partial charge in [0.2, 0.25) is 0 Å². The molecule has 7 nitrogen and oxygen atoms in total. The molecular formula is C23H28N2O5. The zero-order valence-electron chi connectivity index (χ0n) is 17.9. The van der Waals surface area contributed by atoms with Gasteiger partial charge < -0.3 is 20.1 Å². The third kappa shape index (κ3) is 6.07. The lowest BCUT2D eigenvalue weighted by Gasteiger charge is -2.21. The zero-order chi connectivity index (χ0) is 22.3. The van der Waals surface area contributed by atoms with Crippen molar-refractivity contribution in [2.45, 2.75) is 33.7 Å². The van der Waals surface area contributed by atoms with Crippen molar-refractivity contribution in [1.82, 2.24) is 5.32 Å². The van der Waals surface area contributed by atoms with Crippen LogP contribution in [0.5, 0.6) is 5.75 Å². The van der Waals surface area contributed by atoms with Crippen LogP contribution in [0, 0.1) is 19.8 Å². The molecule has 0 aliphatic heterocycles. The Hall–Kier alpha value is -3.35. The molecule has 1 atom stereocenters. The summed E-state index contributed by atoms with van der Waals surface area (Å²) < 4.78 is 10.4. The van der Waals surface area contributed by atoms with E-state index >= 15 is 0 Å². The highest BCUT2D eigenvalue weighted by molar-refractivity contribution is 5.98. The van der Waals surface area contributed by atoms with E-state index in [0.717, 1.165) is 11.1 Å². The molecule has 0 bridgehead atoms. The number of hydrogen-bond donors (Lipinski definition) is 2. The monoisotopic (exact) mass is 412 g/mol. The van der Waals surface area contributed by atoms with Gasteiger partial charge in [-0.1, -0.05) is 38.1 Å². The van der Waals surface area contributed by atoms with Gasteiger partial charge in [0.25, 0.3) is 11.8 Å². The molecule has 0 saturated heterocycles. The maximum Gasteiger partial charge on any atom is 0.329 e. The predicted octanol–water partition coefficient (Wildman–Crippen LogP) is 3.25. The van der Waals surface area contributed by atoms with E-state index in [2.05, 4.69) is 10.6 Å². The van der Waals surface area contributed by atoms with Gasteiger partial charge in [0, 0.05) is 5.56 Å². The number of amides is 2. The van der Waals surface area contributed by atoms with E-state index in [4.69, 9.17) is 9.47 Å². The number of rotatable bonds is 8. The molecule has 0 saturated carbocycles. The van der Waals surface area contributed by atoms with E-state index in [9.17, 15) is 14.4 Å². The minimum atomic E-state index is -0.876.